The van der Waals surface area contributed by atoms with Gasteiger partial charge in [-0.15, -0.1) is 0 Å². The van der Waals surface area contributed by atoms with E-state index in [9.17, 15) is 23.2 Å². The largest absolute Gasteiger partial charge is 0.357 e. The van der Waals surface area contributed by atoms with E-state index in [-0.39, 0.29) is 24.2 Å². The molecule has 0 spiro atoms. The molecule has 0 radical (unpaired) electrons. The van der Waals surface area contributed by atoms with Crippen molar-refractivity contribution in [3.8, 4) is 0 Å². The molecule has 1 unspecified atom stereocenters. The molecule has 7 heteroatoms. The van der Waals surface area contributed by atoms with Crippen molar-refractivity contribution in [2.75, 3.05) is 7.05 Å². The Hall–Kier alpha value is -3.09. The van der Waals surface area contributed by atoms with Crippen LogP contribution in [0.3, 0.4) is 0 Å². The molecular weight excluding hydrogens is 390 g/mol. The Bertz CT molecular complexity index is 898. The monoisotopic (exact) mass is 416 g/mol. The Morgan fingerprint density at radius 2 is 1.67 bits per heavy atom. The first-order valence-electron chi connectivity index (χ1n) is 9.93. The zero-order valence-electron chi connectivity index (χ0n) is 17.1. The number of aryl methyl sites for hydroxylation is 1. The summed E-state index contributed by atoms with van der Waals surface area (Å²) in [7, 11) is 1.37. The number of halogens is 2. The van der Waals surface area contributed by atoms with Crippen LogP contribution in [0.1, 0.15) is 60.1 Å². The van der Waals surface area contributed by atoms with Crippen LogP contribution in [0.25, 0.3) is 0 Å². The van der Waals surface area contributed by atoms with Gasteiger partial charge in [0.2, 0.25) is 11.8 Å². The number of Topliss-reactive ketones (excluding diaryl/α,β-unsaturated/α-hetero) is 1. The van der Waals surface area contributed by atoms with Gasteiger partial charge in [0, 0.05) is 25.5 Å². The van der Waals surface area contributed by atoms with Gasteiger partial charge in [-0.25, -0.2) is 8.78 Å². The molecule has 2 aromatic rings. The standard InChI is InChI=1S/C23H26F2N2O3/c1-3-4-5-15-6-8-16(9-7-15)20(28)12-13-21(29)27-22(23(30)26-2)17-10-11-18(24)19(25)14-17/h6-11,14,22H,3-5,12-13H2,1-2H3,(H,26,30)(H,27,29). The average molecular weight is 416 g/mol. The van der Waals surface area contributed by atoms with Crippen LogP contribution in [-0.2, 0) is 16.0 Å². The molecule has 2 N–H and O–H groups in total. The first-order valence-corrected chi connectivity index (χ1v) is 9.93. The van der Waals surface area contributed by atoms with Crippen LogP contribution in [0, 0.1) is 11.6 Å². The Kier molecular flexibility index (Phi) is 8.65. The lowest BCUT2D eigenvalue weighted by molar-refractivity contribution is -0.128. The molecule has 2 rings (SSSR count). The fourth-order valence-electron chi connectivity index (χ4n) is 2.98. The molecule has 0 bridgehead atoms. The normalized spacial score (nSPS) is 11.6. The van der Waals surface area contributed by atoms with Crippen molar-refractivity contribution in [3.63, 3.8) is 0 Å². The fraction of sp³-hybridized carbons (Fsp3) is 0.348. The second-order valence-electron chi connectivity index (χ2n) is 7.01. The van der Waals surface area contributed by atoms with Crippen LogP contribution in [-0.4, -0.2) is 24.6 Å². The van der Waals surface area contributed by atoms with Crippen LogP contribution in [0.15, 0.2) is 42.5 Å². The highest BCUT2D eigenvalue weighted by molar-refractivity contribution is 5.98. The van der Waals surface area contributed by atoms with Gasteiger partial charge in [-0.2, -0.15) is 0 Å². The van der Waals surface area contributed by atoms with Crippen LogP contribution < -0.4 is 10.6 Å². The quantitative estimate of drug-likeness (QED) is 0.578. The zero-order chi connectivity index (χ0) is 22.1. The number of hydrogen-bond donors (Lipinski definition) is 2. The number of likely N-dealkylation sites (N-methyl/N-ethyl adjacent to an activating group) is 1. The lowest BCUT2D eigenvalue weighted by Gasteiger charge is -2.18. The summed E-state index contributed by atoms with van der Waals surface area (Å²) in [6.07, 6.45) is 2.97. The predicted octanol–water partition coefficient (Wildman–Crippen LogP) is 3.87. The average Bonchev–Trinajstić information content (AvgIpc) is 2.76. The van der Waals surface area contributed by atoms with Gasteiger partial charge in [0.15, 0.2) is 17.4 Å². The van der Waals surface area contributed by atoms with Crippen molar-refractivity contribution in [1.82, 2.24) is 10.6 Å². The fourth-order valence-corrected chi connectivity index (χ4v) is 2.98. The number of benzene rings is 2. The number of nitrogens with one attached hydrogen (secondary N) is 2. The van der Waals surface area contributed by atoms with Gasteiger partial charge in [-0.1, -0.05) is 43.7 Å². The molecule has 2 amide bonds. The first-order chi connectivity index (χ1) is 14.3. The topological polar surface area (TPSA) is 75.3 Å². The minimum atomic E-state index is -1.19. The minimum Gasteiger partial charge on any atom is -0.357 e. The summed E-state index contributed by atoms with van der Waals surface area (Å²) in [4.78, 5) is 36.7. The zero-order valence-corrected chi connectivity index (χ0v) is 17.1. The molecule has 1 atom stereocenters. The Labute approximate surface area is 174 Å². The van der Waals surface area contributed by atoms with Gasteiger partial charge in [-0.3, -0.25) is 14.4 Å². The molecule has 0 aromatic heterocycles. The summed E-state index contributed by atoms with van der Waals surface area (Å²) in [5, 5.41) is 4.85. The lowest BCUT2D eigenvalue weighted by Crippen LogP contribution is -2.39. The van der Waals surface area contributed by atoms with Crippen molar-refractivity contribution in [2.45, 2.75) is 45.1 Å². The molecule has 0 aliphatic carbocycles. The molecule has 2 aromatic carbocycles. The number of carbonyl (C=O) groups is 3. The smallest absolute Gasteiger partial charge is 0.246 e. The Morgan fingerprint density at radius 3 is 2.27 bits per heavy atom. The van der Waals surface area contributed by atoms with E-state index < -0.39 is 29.5 Å². The third-order valence-electron chi connectivity index (χ3n) is 4.76. The second kappa shape index (κ2) is 11.2. The first kappa shape index (κ1) is 23.2. The highest BCUT2D eigenvalue weighted by atomic mass is 19.2. The summed E-state index contributed by atoms with van der Waals surface area (Å²) in [6.45, 7) is 2.12. The molecule has 5 nitrogen and oxygen atoms in total. The van der Waals surface area contributed by atoms with Crippen LogP contribution >= 0.6 is 0 Å². The SMILES string of the molecule is CCCCc1ccc(C(=O)CCC(=O)NC(C(=O)NC)c2ccc(F)c(F)c2)cc1. The van der Waals surface area contributed by atoms with E-state index >= 15 is 0 Å². The highest BCUT2D eigenvalue weighted by Gasteiger charge is 2.23. The summed E-state index contributed by atoms with van der Waals surface area (Å²) in [5.74, 6) is -3.47. The predicted molar refractivity (Wildman–Crippen MR) is 110 cm³/mol. The summed E-state index contributed by atoms with van der Waals surface area (Å²) < 4.78 is 26.7. The number of amides is 2. The van der Waals surface area contributed by atoms with E-state index in [0.717, 1.165) is 37.0 Å². The number of unbranched alkanes of at least 4 members (excludes halogenated alkanes) is 1. The molecule has 0 aliphatic heterocycles. The van der Waals surface area contributed by atoms with Crippen LogP contribution in [0.2, 0.25) is 0 Å². The van der Waals surface area contributed by atoms with Crippen molar-refractivity contribution >= 4 is 17.6 Å². The van der Waals surface area contributed by atoms with Crippen molar-refractivity contribution < 1.29 is 23.2 Å². The Balaban J connectivity index is 1.97. The summed E-state index contributed by atoms with van der Waals surface area (Å²) >= 11 is 0. The van der Waals surface area contributed by atoms with E-state index in [1.807, 2.05) is 12.1 Å². The molecule has 0 fully saturated rings. The van der Waals surface area contributed by atoms with Crippen LogP contribution in [0.4, 0.5) is 8.78 Å². The molecule has 0 aliphatic rings. The van der Waals surface area contributed by atoms with E-state index in [0.29, 0.717) is 5.56 Å². The van der Waals surface area contributed by atoms with E-state index in [1.165, 1.54) is 13.1 Å². The maximum absolute atomic E-state index is 13.5. The molecular formula is C23H26F2N2O3. The van der Waals surface area contributed by atoms with E-state index in [2.05, 4.69) is 17.6 Å². The number of hydrogen-bond acceptors (Lipinski definition) is 3. The second-order valence-corrected chi connectivity index (χ2v) is 7.01. The van der Waals surface area contributed by atoms with Gasteiger partial charge >= 0.3 is 0 Å². The highest BCUT2D eigenvalue weighted by Crippen LogP contribution is 2.17. The number of carbonyl (C=O) groups excluding carboxylic acids is 3. The summed E-state index contributed by atoms with van der Waals surface area (Å²) in [6, 6.07) is 9.11. The van der Waals surface area contributed by atoms with Gasteiger partial charge in [0.1, 0.15) is 6.04 Å². The van der Waals surface area contributed by atoms with E-state index in [4.69, 9.17) is 0 Å². The maximum Gasteiger partial charge on any atom is 0.246 e. The molecule has 0 heterocycles. The van der Waals surface area contributed by atoms with E-state index in [1.54, 1.807) is 12.1 Å². The van der Waals surface area contributed by atoms with Crippen molar-refractivity contribution in [2.24, 2.45) is 0 Å². The maximum atomic E-state index is 13.5. The van der Waals surface area contributed by atoms with Gasteiger partial charge < -0.3 is 10.6 Å². The molecule has 30 heavy (non-hydrogen) atoms. The van der Waals surface area contributed by atoms with Crippen molar-refractivity contribution in [1.29, 1.82) is 0 Å². The van der Waals surface area contributed by atoms with Gasteiger partial charge in [0.05, 0.1) is 0 Å². The van der Waals surface area contributed by atoms with Crippen LogP contribution in [0.5, 0.6) is 0 Å². The molecule has 0 saturated carbocycles. The number of rotatable bonds is 10. The molecule has 160 valence electrons. The van der Waals surface area contributed by atoms with Crippen molar-refractivity contribution in [3.05, 3.63) is 70.8 Å². The lowest BCUT2D eigenvalue weighted by atomic mass is 10.0. The summed E-state index contributed by atoms with van der Waals surface area (Å²) in [5.41, 5.74) is 1.79. The number of ketones is 1. The third-order valence-corrected chi connectivity index (χ3v) is 4.76. The third kappa shape index (κ3) is 6.47. The minimum absolute atomic E-state index is 0.0294. The van der Waals surface area contributed by atoms with Gasteiger partial charge in [0.25, 0.3) is 0 Å². The molecule has 0 saturated heterocycles. The Morgan fingerprint density at radius 1 is 0.967 bits per heavy atom. The van der Waals surface area contributed by atoms with Gasteiger partial charge in [-0.05, 0) is 36.1 Å².